The number of fused-ring (bicyclic) bond motifs is 1. The highest BCUT2D eigenvalue weighted by atomic mass is 19.1. The minimum Gasteiger partial charge on any atom is -0.459 e. The van der Waals surface area contributed by atoms with E-state index in [4.69, 9.17) is 33.2 Å². The van der Waals surface area contributed by atoms with Crippen molar-refractivity contribution in [3.63, 3.8) is 0 Å². The van der Waals surface area contributed by atoms with Crippen molar-refractivity contribution in [3.8, 4) is 0 Å². The minimum absolute atomic E-state index is 0.0769. The zero-order valence-corrected chi connectivity index (χ0v) is 40.4. The average molecular weight is 911 g/mol. The van der Waals surface area contributed by atoms with Gasteiger partial charge in [-0.05, 0) is 117 Å². The van der Waals surface area contributed by atoms with Gasteiger partial charge in [-0.1, -0.05) is 27.7 Å². The standard InChI is InChI=1S/C47H79FN4O12/c1-14-20-49-25-47(57)31(8)60-36(23-45(47,10)58-13)62-37-28(5)40(64-42-38-34(21-27(4)59-42)52(12)43(63-38)51-33-18-16-32(48)17-19-33)44(9,55)22-26(3)24-50-30(7)39(53)46(11,56)35(15-2)61-41(54)29(37)6/h16-19,26-31,34-40,42,49-50,53,55-57H,14-15,20-25H2,1-13H3/b51-43-/t26-,27-,28+,29-,30-,31+,34+,35-,36+,37+,38-,39-,40-,42+,44-,45-,46-,47+/m1/s1. The monoisotopic (exact) mass is 911 g/mol. The fourth-order valence-electron chi connectivity index (χ4n) is 10.3. The van der Waals surface area contributed by atoms with Gasteiger partial charge in [0.25, 0.3) is 6.02 Å². The number of carbonyl (C=O) groups excluding carboxylic acids is 1. The van der Waals surface area contributed by atoms with Gasteiger partial charge in [0, 0.05) is 39.1 Å². The molecule has 4 heterocycles. The molecule has 4 fully saturated rings. The summed E-state index contributed by atoms with van der Waals surface area (Å²) < 4.78 is 59.4. The van der Waals surface area contributed by atoms with Gasteiger partial charge >= 0.3 is 5.97 Å². The van der Waals surface area contributed by atoms with Gasteiger partial charge in [-0.3, -0.25) is 4.79 Å². The van der Waals surface area contributed by atoms with E-state index in [1.165, 1.54) is 26.2 Å². The number of likely N-dealkylation sites (N-methyl/N-ethyl adjacent to an activating group) is 1. The predicted molar refractivity (Wildman–Crippen MR) is 238 cm³/mol. The third-order valence-electron chi connectivity index (χ3n) is 14.4. The van der Waals surface area contributed by atoms with Gasteiger partial charge in [-0.15, -0.1) is 0 Å². The number of aliphatic imine (C=N–C) groups is 1. The van der Waals surface area contributed by atoms with Crippen LogP contribution in [0.15, 0.2) is 29.3 Å². The van der Waals surface area contributed by atoms with E-state index in [0.29, 0.717) is 31.2 Å². The minimum atomic E-state index is -1.84. The van der Waals surface area contributed by atoms with Gasteiger partial charge in [0.05, 0.1) is 47.7 Å². The van der Waals surface area contributed by atoms with E-state index in [-0.39, 0.29) is 49.7 Å². The van der Waals surface area contributed by atoms with Gasteiger partial charge in [0.1, 0.15) is 34.8 Å². The number of benzene rings is 1. The summed E-state index contributed by atoms with van der Waals surface area (Å²) >= 11 is 0. The summed E-state index contributed by atoms with van der Waals surface area (Å²) in [5, 5.41) is 54.9. The van der Waals surface area contributed by atoms with Crippen molar-refractivity contribution in [1.29, 1.82) is 0 Å². The Morgan fingerprint density at radius 2 is 1.66 bits per heavy atom. The Hall–Kier alpha value is -2.55. The SMILES string of the molecule is CCCNC[C@]1(O)[C@H](C)O[C@@H](O[C@H]2[C@H](C)[C@@H](O[C@@H]3O[C@H](C)C[C@H]4[C@H]3O/C(=N\c3ccc(F)cc3)N4C)[C@](C)(O)C[C@@H](C)CN[C@H](C)[C@@H](O)[C@](C)(O)[C@@H](CC)OC(=O)[C@@H]2C)C[C@@]1(C)OC. The number of nitrogens with one attached hydrogen (secondary N) is 2. The maximum atomic E-state index is 14.5. The predicted octanol–water partition coefficient (Wildman–Crippen LogP) is 4.16. The largest absolute Gasteiger partial charge is 0.459 e. The Bertz CT molecular complexity index is 1710. The molecule has 1 aromatic rings. The Labute approximate surface area is 379 Å². The third kappa shape index (κ3) is 11.2. The van der Waals surface area contributed by atoms with Gasteiger partial charge in [-0.25, -0.2) is 4.39 Å². The first-order chi connectivity index (χ1) is 29.9. The van der Waals surface area contributed by atoms with E-state index in [9.17, 15) is 29.6 Å². The molecule has 0 unspecified atom stereocenters. The fourth-order valence-corrected chi connectivity index (χ4v) is 10.3. The lowest BCUT2D eigenvalue weighted by molar-refractivity contribution is -0.335. The highest BCUT2D eigenvalue weighted by Gasteiger charge is 2.59. The summed E-state index contributed by atoms with van der Waals surface area (Å²) in [5.41, 5.74) is -5.55. The van der Waals surface area contributed by atoms with Crippen molar-refractivity contribution in [2.45, 2.75) is 198 Å². The Balaban J connectivity index is 1.57. The highest BCUT2D eigenvalue weighted by Crippen LogP contribution is 2.44. The van der Waals surface area contributed by atoms with Crippen LogP contribution in [0.5, 0.6) is 0 Å². The van der Waals surface area contributed by atoms with Crippen LogP contribution < -0.4 is 10.6 Å². The van der Waals surface area contributed by atoms with E-state index >= 15 is 0 Å². The van der Waals surface area contributed by atoms with Crippen LogP contribution >= 0.6 is 0 Å². The van der Waals surface area contributed by atoms with Gasteiger partial charge < -0.3 is 69.1 Å². The van der Waals surface area contributed by atoms with Crippen LogP contribution in [0.4, 0.5) is 10.1 Å². The maximum Gasteiger partial charge on any atom is 0.311 e. The molecule has 17 heteroatoms. The van der Waals surface area contributed by atoms with Gasteiger partial charge in [-0.2, -0.15) is 4.99 Å². The van der Waals surface area contributed by atoms with Crippen molar-refractivity contribution in [3.05, 3.63) is 30.1 Å². The van der Waals surface area contributed by atoms with Crippen LogP contribution in [0.3, 0.4) is 0 Å². The molecular weight excluding hydrogens is 832 g/mol. The van der Waals surface area contributed by atoms with Crippen LogP contribution in [0.25, 0.3) is 0 Å². The molecule has 0 amide bonds. The number of halogens is 1. The average Bonchev–Trinajstić information content (AvgIpc) is 3.55. The van der Waals surface area contributed by atoms with Gasteiger partial charge in [0.15, 0.2) is 18.7 Å². The van der Waals surface area contributed by atoms with Crippen LogP contribution in [-0.4, -0.2) is 161 Å². The fraction of sp³-hybridized carbons (Fsp3) is 0.830. The second-order valence-electron chi connectivity index (χ2n) is 19.8. The third-order valence-corrected chi connectivity index (χ3v) is 14.4. The lowest BCUT2D eigenvalue weighted by atomic mass is 9.75. The van der Waals surface area contributed by atoms with Crippen LogP contribution in [0.1, 0.15) is 108 Å². The van der Waals surface area contributed by atoms with Crippen LogP contribution in [-0.2, 0) is 38.0 Å². The number of methoxy groups -OCH3 is 1. The molecule has 366 valence electrons. The molecule has 0 radical (unpaired) electrons. The molecule has 0 aromatic heterocycles. The highest BCUT2D eigenvalue weighted by molar-refractivity contribution is 5.79. The molecule has 0 aliphatic carbocycles. The van der Waals surface area contributed by atoms with E-state index in [1.807, 2.05) is 46.6 Å². The molecule has 64 heavy (non-hydrogen) atoms. The number of nitrogens with zero attached hydrogens (tertiary/aromatic N) is 2. The summed E-state index contributed by atoms with van der Waals surface area (Å²) in [4.78, 5) is 21.1. The zero-order valence-electron chi connectivity index (χ0n) is 40.4. The van der Waals surface area contributed by atoms with Crippen molar-refractivity contribution in [1.82, 2.24) is 15.5 Å². The number of amidine groups is 1. The number of carbonyl (C=O) groups is 1. The quantitative estimate of drug-likeness (QED) is 0.136. The lowest BCUT2D eigenvalue weighted by Crippen LogP contribution is -2.70. The molecule has 1 aromatic carbocycles. The molecule has 0 spiro atoms. The van der Waals surface area contributed by atoms with Crippen molar-refractivity contribution in [2.75, 3.05) is 33.8 Å². The molecule has 16 nitrogen and oxygen atoms in total. The second kappa shape index (κ2) is 21.2. The molecule has 4 aliphatic heterocycles. The number of cyclic esters (lactones) is 1. The lowest BCUT2D eigenvalue weighted by Gasteiger charge is -2.53. The van der Waals surface area contributed by atoms with E-state index in [0.717, 1.165) is 6.42 Å². The van der Waals surface area contributed by atoms with E-state index in [2.05, 4.69) is 15.6 Å². The topological polar surface area (TPSA) is 202 Å². The van der Waals surface area contributed by atoms with Crippen LogP contribution in [0.2, 0.25) is 0 Å². The number of esters is 1. The first-order valence-corrected chi connectivity index (χ1v) is 23.3. The number of hydrogen-bond acceptors (Lipinski definition) is 15. The number of aliphatic hydroxyl groups excluding tert-OH is 1. The number of hydrogen-bond donors (Lipinski definition) is 6. The van der Waals surface area contributed by atoms with E-state index in [1.54, 1.807) is 46.8 Å². The number of rotatable bonds is 11. The first-order valence-electron chi connectivity index (χ1n) is 23.3. The number of ether oxygens (including phenoxy) is 7. The molecule has 4 aliphatic rings. The first kappa shape index (κ1) is 52.4. The second-order valence-corrected chi connectivity index (χ2v) is 19.8. The van der Waals surface area contributed by atoms with Gasteiger partial charge in [0.2, 0.25) is 0 Å². The molecule has 4 saturated heterocycles. The summed E-state index contributed by atoms with van der Waals surface area (Å²) in [6.07, 6.45) is -6.47. The maximum absolute atomic E-state index is 14.5. The van der Waals surface area contributed by atoms with Crippen LogP contribution in [0, 0.1) is 23.6 Å². The molecule has 0 bridgehead atoms. The summed E-state index contributed by atoms with van der Waals surface area (Å²) in [5.74, 6) is -3.13. The Morgan fingerprint density at radius 3 is 2.28 bits per heavy atom. The molecule has 6 N–H and O–H groups in total. The normalized spacial score (nSPS) is 44.7. The molecule has 5 rings (SSSR count). The molecular formula is C47H79FN4O12. The Morgan fingerprint density at radius 1 is 0.984 bits per heavy atom. The van der Waals surface area contributed by atoms with Crippen molar-refractivity contribution in [2.24, 2.45) is 22.7 Å². The zero-order chi connectivity index (χ0) is 47.5. The van der Waals surface area contributed by atoms with Crippen molar-refractivity contribution < 1.29 is 62.8 Å². The Kier molecular flexibility index (Phi) is 17.3. The molecule has 18 atom stereocenters. The summed E-state index contributed by atoms with van der Waals surface area (Å²) in [7, 11) is 3.40. The number of aliphatic hydroxyl groups is 4. The van der Waals surface area contributed by atoms with Crippen molar-refractivity contribution >= 4 is 17.7 Å². The smallest absolute Gasteiger partial charge is 0.311 e. The summed E-state index contributed by atoms with van der Waals surface area (Å²) in [6, 6.07) is 5.24. The van der Waals surface area contributed by atoms with E-state index < -0.39 is 95.5 Å². The summed E-state index contributed by atoms with van der Waals surface area (Å²) in [6.45, 7) is 20.9. The molecule has 0 saturated carbocycles.